The summed E-state index contributed by atoms with van der Waals surface area (Å²) in [5, 5.41) is 11.6. The summed E-state index contributed by atoms with van der Waals surface area (Å²) in [6.45, 7) is 2.01. The number of hydrogen-bond donors (Lipinski definition) is 1. The molecule has 0 aliphatic carbocycles. The molecule has 0 saturated carbocycles. The molecule has 5 rings (SSSR count). The second kappa shape index (κ2) is 7.78. The van der Waals surface area contributed by atoms with Gasteiger partial charge >= 0.3 is 0 Å². The average molecular weight is 406 g/mol. The van der Waals surface area contributed by atoms with Crippen LogP contribution in [0.4, 0.5) is 5.69 Å². The fraction of sp³-hybridized carbons (Fsp3) is 0.375. The summed E-state index contributed by atoms with van der Waals surface area (Å²) in [5.74, 6) is 1.50. The number of hydrogen-bond acceptors (Lipinski definition) is 6. The van der Waals surface area contributed by atoms with E-state index >= 15 is 0 Å². The molecule has 3 aliphatic rings. The summed E-state index contributed by atoms with van der Waals surface area (Å²) in [6, 6.07) is 14.1. The lowest BCUT2D eigenvalue weighted by molar-refractivity contribution is 0.0978. The molecule has 1 N–H and O–H groups in total. The number of fused-ring (bicyclic) bond motifs is 4. The summed E-state index contributed by atoms with van der Waals surface area (Å²) in [6.07, 6.45) is 5.12. The van der Waals surface area contributed by atoms with E-state index in [0.29, 0.717) is 26.4 Å². The van der Waals surface area contributed by atoms with Crippen LogP contribution < -0.4 is 14.4 Å². The first-order valence-corrected chi connectivity index (χ1v) is 10.4. The van der Waals surface area contributed by atoms with Crippen LogP contribution in [0.3, 0.4) is 0 Å². The zero-order valence-corrected chi connectivity index (χ0v) is 17.1. The van der Waals surface area contributed by atoms with Crippen molar-refractivity contribution in [1.82, 2.24) is 0 Å². The second-order valence-corrected chi connectivity index (χ2v) is 7.90. The highest BCUT2D eigenvalue weighted by atomic mass is 16.5. The molecule has 6 heteroatoms. The van der Waals surface area contributed by atoms with Crippen LogP contribution in [0.2, 0.25) is 0 Å². The number of aliphatic hydroxyl groups is 1. The zero-order valence-electron chi connectivity index (χ0n) is 17.1. The van der Waals surface area contributed by atoms with Crippen molar-refractivity contribution in [2.45, 2.75) is 24.5 Å². The third-order valence-corrected chi connectivity index (χ3v) is 6.19. The standard InChI is InChI=1S/C24H26N2O4/c1-28-12-13-29-18-9-10-20-22(14-18)30-16-24(20)19-7-2-3-8-21(19)26(23(24)27)15-17-6-4-5-11-25-17/h2-3,5,7-11,14,23,27H,4,6,12-13,15-16H2,1H3. The fourth-order valence-corrected chi connectivity index (χ4v) is 4.70. The molecule has 0 bridgehead atoms. The van der Waals surface area contributed by atoms with Gasteiger partial charge in [-0.15, -0.1) is 0 Å². The SMILES string of the molecule is COCCOc1ccc2c(c1)OCC21c2ccccc2N(CC2=NC=CCC2)C1O. The molecule has 0 fully saturated rings. The maximum Gasteiger partial charge on any atom is 0.144 e. The number of allylic oxidation sites excluding steroid dienone is 1. The third-order valence-electron chi connectivity index (χ3n) is 6.19. The molecule has 3 aliphatic heterocycles. The molecular formula is C24H26N2O4. The van der Waals surface area contributed by atoms with E-state index in [1.165, 1.54) is 0 Å². The Morgan fingerprint density at radius 1 is 1.20 bits per heavy atom. The number of aliphatic imine (C=N–C) groups is 1. The van der Waals surface area contributed by atoms with E-state index in [2.05, 4.69) is 28.1 Å². The van der Waals surface area contributed by atoms with Crippen molar-refractivity contribution in [1.29, 1.82) is 0 Å². The van der Waals surface area contributed by atoms with Gasteiger partial charge in [-0.3, -0.25) is 4.99 Å². The molecular weight excluding hydrogens is 380 g/mol. The maximum atomic E-state index is 11.6. The lowest BCUT2D eigenvalue weighted by Crippen LogP contribution is -2.48. The summed E-state index contributed by atoms with van der Waals surface area (Å²) in [5.41, 5.74) is 3.59. The van der Waals surface area contributed by atoms with Gasteiger partial charge in [0.25, 0.3) is 0 Å². The van der Waals surface area contributed by atoms with Gasteiger partial charge in [-0.2, -0.15) is 0 Å². The predicted octanol–water partition coefficient (Wildman–Crippen LogP) is 3.28. The van der Waals surface area contributed by atoms with Crippen molar-refractivity contribution in [3.63, 3.8) is 0 Å². The highest BCUT2D eigenvalue weighted by molar-refractivity contribution is 5.91. The number of para-hydroxylation sites is 1. The number of anilines is 1. The maximum absolute atomic E-state index is 11.6. The van der Waals surface area contributed by atoms with Crippen LogP contribution >= 0.6 is 0 Å². The third kappa shape index (κ3) is 2.99. The molecule has 0 saturated heterocycles. The smallest absolute Gasteiger partial charge is 0.144 e. The fourth-order valence-electron chi connectivity index (χ4n) is 4.70. The van der Waals surface area contributed by atoms with E-state index in [1.54, 1.807) is 7.11 Å². The van der Waals surface area contributed by atoms with E-state index in [0.717, 1.165) is 46.9 Å². The summed E-state index contributed by atoms with van der Waals surface area (Å²) in [4.78, 5) is 6.60. The second-order valence-electron chi connectivity index (χ2n) is 7.90. The first-order valence-electron chi connectivity index (χ1n) is 10.4. The van der Waals surface area contributed by atoms with E-state index < -0.39 is 11.6 Å². The van der Waals surface area contributed by atoms with Crippen LogP contribution in [0.1, 0.15) is 24.0 Å². The molecule has 156 valence electrons. The minimum Gasteiger partial charge on any atom is -0.492 e. The van der Waals surface area contributed by atoms with Crippen molar-refractivity contribution in [3.05, 3.63) is 65.9 Å². The Hall–Kier alpha value is -2.83. The molecule has 6 nitrogen and oxygen atoms in total. The van der Waals surface area contributed by atoms with Crippen molar-refractivity contribution in [2.24, 2.45) is 4.99 Å². The van der Waals surface area contributed by atoms with Crippen LogP contribution in [-0.4, -0.2) is 50.5 Å². The number of benzene rings is 2. The zero-order chi connectivity index (χ0) is 20.6. The van der Waals surface area contributed by atoms with Crippen molar-refractivity contribution < 1.29 is 19.3 Å². The molecule has 2 atom stereocenters. The van der Waals surface area contributed by atoms with E-state index in [1.807, 2.05) is 36.5 Å². The average Bonchev–Trinajstić information content (AvgIpc) is 3.27. The number of methoxy groups -OCH3 is 1. The molecule has 0 aromatic heterocycles. The molecule has 30 heavy (non-hydrogen) atoms. The van der Waals surface area contributed by atoms with Gasteiger partial charge in [0.05, 0.1) is 13.2 Å². The molecule has 0 radical (unpaired) electrons. The van der Waals surface area contributed by atoms with Gasteiger partial charge < -0.3 is 24.2 Å². The quantitative estimate of drug-likeness (QED) is 0.746. The highest BCUT2D eigenvalue weighted by Gasteiger charge is 2.56. The molecule has 2 aromatic carbocycles. The summed E-state index contributed by atoms with van der Waals surface area (Å²) < 4.78 is 16.9. The van der Waals surface area contributed by atoms with E-state index in [9.17, 15) is 5.11 Å². The van der Waals surface area contributed by atoms with Gasteiger partial charge in [-0.25, -0.2) is 0 Å². The Balaban J connectivity index is 1.51. The Morgan fingerprint density at radius 3 is 2.93 bits per heavy atom. The predicted molar refractivity (Wildman–Crippen MR) is 116 cm³/mol. The van der Waals surface area contributed by atoms with Crippen molar-refractivity contribution in [3.8, 4) is 11.5 Å². The number of aliphatic hydroxyl groups excluding tert-OH is 1. The highest BCUT2D eigenvalue weighted by Crippen LogP contribution is 2.54. The van der Waals surface area contributed by atoms with Gasteiger partial charge in [-0.05, 0) is 30.5 Å². The van der Waals surface area contributed by atoms with Crippen molar-refractivity contribution in [2.75, 3.05) is 38.4 Å². The topological polar surface area (TPSA) is 63.5 Å². The molecule has 1 spiro atoms. The van der Waals surface area contributed by atoms with E-state index in [4.69, 9.17) is 14.2 Å². The van der Waals surface area contributed by atoms with Gasteiger partial charge in [0.15, 0.2) is 0 Å². The first kappa shape index (κ1) is 19.2. The van der Waals surface area contributed by atoms with Crippen LogP contribution in [0.5, 0.6) is 11.5 Å². The minimum atomic E-state index is -0.731. The first-order chi connectivity index (χ1) is 14.7. The molecule has 2 unspecified atom stereocenters. The lowest BCUT2D eigenvalue weighted by Gasteiger charge is -2.32. The van der Waals surface area contributed by atoms with Gasteiger partial charge in [0, 0.05) is 36.3 Å². The van der Waals surface area contributed by atoms with Crippen molar-refractivity contribution >= 4 is 11.4 Å². The normalized spacial score (nSPS) is 23.9. The molecule has 3 heterocycles. The van der Waals surface area contributed by atoms with Crippen LogP contribution in [0.25, 0.3) is 0 Å². The minimum absolute atomic E-state index is 0.394. The number of nitrogens with zero attached hydrogens (tertiary/aromatic N) is 2. The summed E-state index contributed by atoms with van der Waals surface area (Å²) in [7, 11) is 1.65. The number of rotatable bonds is 6. The molecule has 0 amide bonds. The van der Waals surface area contributed by atoms with Gasteiger partial charge in [0.2, 0.25) is 0 Å². The Kier molecular flexibility index (Phi) is 4.97. The van der Waals surface area contributed by atoms with E-state index in [-0.39, 0.29) is 0 Å². The Labute approximate surface area is 176 Å². The summed E-state index contributed by atoms with van der Waals surface area (Å²) >= 11 is 0. The van der Waals surface area contributed by atoms with Gasteiger partial charge in [0.1, 0.15) is 36.4 Å². The van der Waals surface area contributed by atoms with Crippen LogP contribution in [0, 0.1) is 0 Å². The van der Waals surface area contributed by atoms with Gasteiger partial charge in [-0.1, -0.05) is 30.3 Å². The Bertz CT molecular complexity index is 1000. The monoisotopic (exact) mass is 406 g/mol. The lowest BCUT2D eigenvalue weighted by atomic mass is 9.76. The Morgan fingerprint density at radius 2 is 2.10 bits per heavy atom. The van der Waals surface area contributed by atoms with Crippen LogP contribution in [-0.2, 0) is 10.2 Å². The molecule has 2 aromatic rings. The van der Waals surface area contributed by atoms with Crippen LogP contribution in [0.15, 0.2) is 59.7 Å². The largest absolute Gasteiger partial charge is 0.492 e. The number of ether oxygens (including phenoxy) is 3.